The molecule has 3 saturated carbocycles. The van der Waals surface area contributed by atoms with Crippen molar-refractivity contribution in [2.24, 2.45) is 0 Å². The normalized spacial score (nSPS) is 17.6. The molecule has 6 aromatic heterocycles. The minimum Gasteiger partial charge on any atom is -0.478 e. The summed E-state index contributed by atoms with van der Waals surface area (Å²) in [5, 5.41) is 18.3. The van der Waals surface area contributed by atoms with Crippen molar-refractivity contribution in [1.82, 2.24) is 37.2 Å². The molecule has 6 aromatic carbocycles. The number of carbonyl (C=O) groups excluding carboxylic acids is 2. The van der Waals surface area contributed by atoms with Crippen LogP contribution in [0.3, 0.4) is 0 Å². The number of terminal acetylenes is 1. The summed E-state index contributed by atoms with van der Waals surface area (Å²) in [4.78, 5) is 41.8. The third kappa shape index (κ3) is 15.6. The Bertz CT molecular complexity index is 5850. The molecule has 11 heterocycles. The molecule has 0 radical (unpaired) electrons. The maximum Gasteiger partial charge on any atom is 0.337 e. The number of aryl methyl sites for hydroxylation is 6. The van der Waals surface area contributed by atoms with E-state index in [9.17, 15) is 19.5 Å². The Hall–Kier alpha value is -8.94. The van der Waals surface area contributed by atoms with Crippen molar-refractivity contribution in [3.8, 4) is 58.0 Å². The zero-order valence-corrected chi connectivity index (χ0v) is 71.0. The molecule has 2 saturated heterocycles. The van der Waals surface area contributed by atoms with Crippen molar-refractivity contribution in [1.29, 1.82) is 0 Å². The Morgan fingerprint density at radius 3 is 1.33 bits per heavy atom. The van der Waals surface area contributed by atoms with Crippen molar-refractivity contribution in [3.05, 3.63) is 182 Å². The first-order valence-corrected chi connectivity index (χ1v) is 45.1. The van der Waals surface area contributed by atoms with E-state index in [0.29, 0.717) is 40.3 Å². The topological polar surface area (TPSA) is 126 Å². The lowest BCUT2D eigenvalue weighted by Crippen LogP contribution is -2.29. The van der Waals surface area contributed by atoms with Crippen molar-refractivity contribution in [2.45, 2.75) is 211 Å². The van der Waals surface area contributed by atoms with E-state index >= 15 is 0 Å². The standard InChI is InChI=1S/C35H39N3O2.C34H38ClN3O2.C27H27IN2O2.C3H3Cl/c1-40-35(39)26-16-17-29-31(23-26)38-22-10-21-37-24-27(13-9-20-36-18-6-3-7-19-36)28-14-8-15-30(33(28)37)34(38)32(29)25-11-4-2-5-12-25;35-29(15-20-36-16-5-2-6-17-36)28-22-37-18-8-19-38-30-21-24(34(39)40)13-14-26(30)31(23-9-3-1-4-10-23)33(38)27-12-7-11-25(28)32(27)37;1-32-27(31)18-11-12-20-23(15-18)30-14-6-13-29-16-22(28)19-9-5-10-21(25(19)29)26(30)24(20)17-7-3-2-4-8-17;1-2-3-4/h8,14-17,23-25H,2-7,10-12,18-22H2,1H3;7,11-15,21-23H,1-6,8-10,16-20H2,(H,39,40);5,9-12,15-17H,2-4,6-8,13-14H2,1H3;1H,3H2/b;29-15-;;. The first-order chi connectivity index (χ1) is 56.9. The number of fused-ring (bicyclic) bond motifs is 12. The number of alkyl halides is 1. The molecular formula is C99H107Cl2IN8O6. The van der Waals surface area contributed by atoms with Crippen LogP contribution < -0.4 is 0 Å². The molecule has 5 aliphatic heterocycles. The number of carbonyl (C=O) groups is 3. The minimum atomic E-state index is -0.867. The lowest BCUT2D eigenvalue weighted by Gasteiger charge is -2.25. The van der Waals surface area contributed by atoms with E-state index < -0.39 is 5.97 Å². The molecule has 600 valence electrons. The Morgan fingerprint density at radius 1 is 0.474 bits per heavy atom. The number of carboxylic acid groups (broad SMARTS) is 1. The number of ether oxygens (including phenoxy) is 2. The molecule has 5 fully saturated rings. The highest BCUT2D eigenvalue weighted by Gasteiger charge is 2.35. The van der Waals surface area contributed by atoms with Crippen LogP contribution in [0.4, 0.5) is 0 Å². The number of likely N-dealkylation sites (tertiary alicyclic amines) is 2. The summed E-state index contributed by atoms with van der Waals surface area (Å²) < 4.78 is 26.2. The van der Waals surface area contributed by atoms with Crippen LogP contribution in [0.5, 0.6) is 0 Å². The number of nitrogens with zero attached hydrogens (tertiary/aromatic N) is 8. The highest BCUT2D eigenvalue weighted by atomic mass is 127. The van der Waals surface area contributed by atoms with Crippen molar-refractivity contribution in [3.63, 3.8) is 0 Å². The minimum absolute atomic E-state index is 0.266. The summed E-state index contributed by atoms with van der Waals surface area (Å²) in [7, 11) is 2.92. The van der Waals surface area contributed by atoms with Crippen molar-refractivity contribution >= 4 is 134 Å². The highest BCUT2D eigenvalue weighted by Crippen LogP contribution is 2.52. The largest absolute Gasteiger partial charge is 0.478 e. The fourth-order valence-corrected chi connectivity index (χ4v) is 22.2. The molecule has 1 N–H and O–H groups in total. The molecule has 116 heavy (non-hydrogen) atoms. The summed E-state index contributed by atoms with van der Waals surface area (Å²) in [5.41, 5.74) is 23.5. The molecule has 14 nitrogen and oxygen atoms in total. The number of aromatic carboxylic acids is 1. The number of rotatable bonds is 10. The van der Waals surface area contributed by atoms with Gasteiger partial charge in [0, 0.05) is 144 Å². The molecule has 3 aliphatic carbocycles. The highest BCUT2D eigenvalue weighted by molar-refractivity contribution is 14.1. The Kier molecular flexibility index (Phi) is 24.5. The van der Waals surface area contributed by atoms with Gasteiger partial charge in [-0.25, -0.2) is 14.4 Å². The number of hydrogen-bond donors (Lipinski definition) is 1. The van der Waals surface area contributed by atoms with E-state index in [4.69, 9.17) is 32.7 Å². The van der Waals surface area contributed by atoms with Gasteiger partial charge in [0.1, 0.15) is 0 Å². The van der Waals surface area contributed by atoms with Crippen molar-refractivity contribution in [2.75, 3.05) is 59.4 Å². The second-order valence-corrected chi connectivity index (χ2v) is 35.3. The van der Waals surface area contributed by atoms with Gasteiger partial charge in [0.05, 0.1) is 82.5 Å². The third-order valence-corrected chi connectivity index (χ3v) is 27.9. The van der Waals surface area contributed by atoms with Crippen LogP contribution in [0.1, 0.15) is 231 Å². The van der Waals surface area contributed by atoms with E-state index in [2.05, 4.69) is 194 Å². The SMILES string of the molecule is C#CCCl.COC(=O)c1ccc2c(C3CCCCC3)c3n(c2c1)CCCn1cc(C#CCN2CCCCC2)c2cccc-3c21.COC(=O)c1ccc2c(C3CCCCC3)c3n(c2c1)CCCn1cc(I)c2cccc-3c21.O=C(O)c1ccc2c(C3CCCCC3)c3n(c2c1)CCCn1cc(/C(Cl)=C/CN2CCCCC2)c2cccc-3c21. The monoisotopic (exact) mass is 1700 g/mol. The van der Waals surface area contributed by atoms with Crippen LogP contribution in [0, 0.1) is 27.8 Å². The van der Waals surface area contributed by atoms with Gasteiger partial charge in [-0.05, 0) is 203 Å². The van der Waals surface area contributed by atoms with E-state index in [-0.39, 0.29) is 11.9 Å². The van der Waals surface area contributed by atoms with Crippen molar-refractivity contribution < 1.29 is 29.0 Å². The molecular weight excluding hydrogens is 1590 g/mol. The molecule has 0 amide bonds. The van der Waals surface area contributed by atoms with Gasteiger partial charge in [-0.2, -0.15) is 0 Å². The smallest absolute Gasteiger partial charge is 0.337 e. The molecule has 0 bridgehead atoms. The number of aromatic nitrogens is 6. The first-order valence-electron chi connectivity index (χ1n) is 43.1. The fraction of sp³-hybridized carbons (Fsp3) is 0.424. The van der Waals surface area contributed by atoms with Gasteiger partial charge in [-0.1, -0.05) is 179 Å². The zero-order chi connectivity index (χ0) is 79.5. The van der Waals surface area contributed by atoms with E-state index in [0.717, 1.165) is 112 Å². The van der Waals surface area contributed by atoms with Crippen LogP contribution in [-0.2, 0) is 48.7 Å². The van der Waals surface area contributed by atoms with Gasteiger partial charge in [0.2, 0.25) is 0 Å². The summed E-state index contributed by atoms with van der Waals surface area (Å²) >= 11 is 14.5. The Labute approximate surface area is 705 Å². The predicted octanol–water partition coefficient (Wildman–Crippen LogP) is 23.8. The van der Waals surface area contributed by atoms with Gasteiger partial charge < -0.3 is 42.0 Å². The second-order valence-electron chi connectivity index (χ2n) is 33.4. The maximum atomic E-state index is 12.5. The van der Waals surface area contributed by atoms with Gasteiger partial charge in [0.15, 0.2) is 0 Å². The average molecular weight is 1700 g/mol. The number of para-hydroxylation sites is 3. The van der Waals surface area contributed by atoms with E-state index in [1.807, 2.05) is 18.2 Å². The van der Waals surface area contributed by atoms with Crippen LogP contribution in [0.15, 0.2) is 134 Å². The lowest BCUT2D eigenvalue weighted by atomic mass is 9.81. The summed E-state index contributed by atoms with van der Waals surface area (Å²) in [6, 6.07) is 38.4. The van der Waals surface area contributed by atoms with E-state index in [1.54, 1.807) is 6.07 Å². The average Bonchev–Trinajstić information content (AvgIpc) is 1.58. The quantitative estimate of drug-likeness (QED) is 0.0621. The molecule has 0 atom stereocenters. The Morgan fingerprint density at radius 2 is 0.871 bits per heavy atom. The summed E-state index contributed by atoms with van der Waals surface area (Å²) in [5.74, 6) is 9.80. The lowest BCUT2D eigenvalue weighted by molar-refractivity contribution is 0.0592. The van der Waals surface area contributed by atoms with E-state index in [1.165, 1.54) is 271 Å². The summed E-state index contributed by atoms with van der Waals surface area (Å²) in [6.45, 7) is 12.0. The second kappa shape index (κ2) is 35.7. The Balaban J connectivity index is 0.000000123. The molecule has 20 rings (SSSR count). The number of halogens is 3. The zero-order valence-electron chi connectivity index (χ0n) is 67.4. The number of carboxylic acids is 1. The molecule has 0 spiro atoms. The number of esters is 2. The predicted molar refractivity (Wildman–Crippen MR) is 483 cm³/mol. The van der Waals surface area contributed by atoms with Gasteiger partial charge in [0.25, 0.3) is 0 Å². The summed E-state index contributed by atoms with van der Waals surface area (Å²) in [6.07, 6.45) is 43.6. The van der Waals surface area contributed by atoms with Crippen LogP contribution in [0.25, 0.3) is 104 Å². The number of benzene rings is 6. The van der Waals surface area contributed by atoms with Crippen LogP contribution in [-0.4, -0.2) is 120 Å². The molecule has 8 aliphatic rings. The molecule has 12 aromatic rings. The molecule has 17 heteroatoms. The maximum absolute atomic E-state index is 12.5. The third-order valence-electron chi connectivity index (χ3n) is 26.5. The van der Waals surface area contributed by atoms with Crippen LogP contribution in [0.2, 0.25) is 0 Å². The molecule has 0 unspecified atom stereocenters. The number of piperidine rings is 2. The van der Waals surface area contributed by atoms with Gasteiger partial charge in [-0.3, -0.25) is 9.80 Å². The first kappa shape index (κ1) is 79.5. The van der Waals surface area contributed by atoms with Gasteiger partial charge in [-0.15, -0.1) is 18.0 Å². The van der Waals surface area contributed by atoms with Gasteiger partial charge >= 0.3 is 17.9 Å². The number of methoxy groups -OCH3 is 2. The van der Waals surface area contributed by atoms with Crippen LogP contribution >= 0.6 is 45.8 Å². The number of hydrogen-bond acceptors (Lipinski definition) is 7. The fourth-order valence-electron chi connectivity index (χ4n) is 21.2.